The summed E-state index contributed by atoms with van der Waals surface area (Å²) in [7, 11) is 0. The second-order valence-corrected chi connectivity index (χ2v) is 5.25. The SMILES string of the molecule is Cc1c(N)cccc1CC(CN)(C(=O)O)C1CC1. The van der Waals surface area contributed by atoms with Crippen LogP contribution in [-0.2, 0) is 11.2 Å². The van der Waals surface area contributed by atoms with Crippen molar-refractivity contribution in [2.24, 2.45) is 17.1 Å². The number of nitrogen functional groups attached to an aromatic ring is 1. The molecule has 1 aromatic rings. The standard InChI is InChI=1S/C14H20N2O2/c1-9-10(3-2-4-12(9)16)7-14(8-15,13(17)18)11-5-6-11/h2-4,11H,5-8,15-16H2,1H3,(H,17,18). The van der Waals surface area contributed by atoms with Crippen molar-refractivity contribution in [2.75, 3.05) is 12.3 Å². The predicted octanol–water partition coefficient (Wildman–Crippen LogP) is 1.56. The average molecular weight is 248 g/mol. The van der Waals surface area contributed by atoms with Crippen molar-refractivity contribution >= 4 is 11.7 Å². The van der Waals surface area contributed by atoms with Crippen LogP contribution in [0.4, 0.5) is 5.69 Å². The third-order valence-corrected chi connectivity index (χ3v) is 4.14. The van der Waals surface area contributed by atoms with E-state index in [1.165, 1.54) is 0 Å². The first-order valence-electron chi connectivity index (χ1n) is 6.28. The van der Waals surface area contributed by atoms with Gasteiger partial charge in [-0.2, -0.15) is 0 Å². The van der Waals surface area contributed by atoms with Gasteiger partial charge in [0.15, 0.2) is 0 Å². The van der Waals surface area contributed by atoms with E-state index in [4.69, 9.17) is 11.5 Å². The Balaban J connectivity index is 2.34. The van der Waals surface area contributed by atoms with Gasteiger partial charge in [-0.25, -0.2) is 0 Å². The molecule has 0 aromatic heterocycles. The molecule has 1 aromatic carbocycles. The number of nitrogens with two attached hydrogens (primary N) is 2. The van der Waals surface area contributed by atoms with Gasteiger partial charge in [0.05, 0.1) is 5.41 Å². The molecule has 1 aliphatic rings. The molecule has 1 saturated carbocycles. The first-order valence-corrected chi connectivity index (χ1v) is 6.28. The lowest BCUT2D eigenvalue weighted by molar-refractivity contribution is -0.149. The van der Waals surface area contributed by atoms with Gasteiger partial charge in [0, 0.05) is 12.2 Å². The van der Waals surface area contributed by atoms with Gasteiger partial charge in [0.2, 0.25) is 0 Å². The first kappa shape index (κ1) is 12.9. The van der Waals surface area contributed by atoms with Crippen molar-refractivity contribution in [3.8, 4) is 0 Å². The summed E-state index contributed by atoms with van der Waals surface area (Å²) in [6.45, 7) is 2.11. The second kappa shape index (κ2) is 4.61. The summed E-state index contributed by atoms with van der Waals surface area (Å²) in [6, 6.07) is 5.65. The fourth-order valence-corrected chi connectivity index (χ4v) is 2.59. The Bertz CT molecular complexity index is 469. The van der Waals surface area contributed by atoms with E-state index in [0.29, 0.717) is 12.1 Å². The van der Waals surface area contributed by atoms with Crippen LogP contribution >= 0.6 is 0 Å². The second-order valence-electron chi connectivity index (χ2n) is 5.25. The van der Waals surface area contributed by atoms with E-state index in [9.17, 15) is 9.90 Å². The maximum Gasteiger partial charge on any atom is 0.311 e. The van der Waals surface area contributed by atoms with Crippen molar-refractivity contribution in [1.82, 2.24) is 0 Å². The Hall–Kier alpha value is -1.55. The highest BCUT2D eigenvalue weighted by Crippen LogP contribution is 2.47. The maximum absolute atomic E-state index is 11.6. The topological polar surface area (TPSA) is 89.3 Å². The number of carboxylic acids is 1. The molecule has 0 aliphatic heterocycles. The average Bonchev–Trinajstić information content (AvgIpc) is 3.15. The molecule has 4 nitrogen and oxygen atoms in total. The Morgan fingerprint density at radius 1 is 1.50 bits per heavy atom. The number of hydrogen-bond acceptors (Lipinski definition) is 3. The first-order chi connectivity index (χ1) is 8.51. The summed E-state index contributed by atoms with van der Waals surface area (Å²) in [5, 5.41) is 9.54. The number of rotatable bonds is 5. The van der Waals surface area contributed by atoms with Crippen molar-refractivity contribution in [3.05, 3.63) is 29.3 Å². The number of benzene rings is 1. The highest BCUT2D eigenvalue weighted by atomic mass is 16.4. The van der Waals surface area contributed by atoms with Crippen LogP contribution < -0.4 is 11.5 Å². The third-order valence-electron chi connectivity index (χ3n) is 4.14. The fraction of sp³-hybridized carbons (Fsp3) is 0.500. The summed E-state index contributed by atoms with van der Waals surface area (Å²) >= 11 is 0. The monoisotopic (exact) mass is 248 g/mol. The summed E-state index contributed by atoms with van der Waals surface area (Å²) < 4.78 is 0. The molecular formula is C14H20N2O2. The molecule has 0 radical (unpaired) electrons. The minimum absolute atomic E-state index is 0.182. The smallest absolute Gasteiger partial charge is 0.311 e. The van der Waals surface area contributed by atoms with Crippen molar-refractivity contribution in [3.63, 3.8) is 0 Å². The lowest BCUT2D eigenvalue weighted by Gasteiger charge is -2.29. The van der Waals surface area contributed by atoms with Gasteiger partial charge >= 0.3 is 5.97 Å². The molecule has 1 atom stereocenters. The molecule has 98 valence electrons. The summed E-state index contributed by atoms with van der Waals surface area (Å²) in [4.78, 5) is 11.6. The van der Waals surface area contributed by atoms with Gasteiger partial charge in [0.1, 0.15) is 0 Å². The van der Waals surface area contributed by atoms with Crippen LogP contribution in [-0.4, -0.2) is 17.6 Å². The maximum atomic E-state index is 11.6. The molecule has 0 amide bonds. The molecule has 5 N–H and O–H groups in total. The summed E-state index contributed by atoms with van der Waals surface area (Å²) in [5.74, 6) is -0.574. The summed E-state index contributed by atoms with van der Waals surface area (Å²) in [5.41, 5.74) is 13.5. The molecule has 1 fully saturated rings. The molecule has 1 aliphatic carbocycles. The summed E-state index contributed by atoms with van der Waals surface area (Å²) in [6.07, 6.45) is 2.40. The largest absolute Gasteiger partial charge is 0.481 e. The molecule has 18 heavy (non-hydrogen) atoms. The van der Waals surface area contributed by atoms with Gasteiger partial charge in [-0.3, -0.25) is 4.79 Å². The van der Waals surface area contributed by atoms with E-state index in [0.717, 1.165) is 24.0 Å². The van der Waals surface area contributed by atoms with Crippen LogP contribution in [0.25, 0.3) is 0 Å². The van der Waals surface area contributed by atoms with Crippen LogP contribution in [0.5, 0.6) is 0 Å². The molecule has 1 unspecified atom stereocenters. The zero-order valence-electron chi connectivity index (χ0n) is 10.6. The van der Waals surface area contributed by atoms with Gasteiger partial charge in [-0.15, -0.1) is 0 Å². The van der Waals surface area contributed by atoms with Crippen molar-refractivity contribution in [1.29, 1.82) is 0 Å². The number of anilines is 1. The predicted molar refractivity (Wildman–Crippen MR) is 71.1 cm³/mol. The number of hydrogen-bond donors (Lipinski definition) is 3. The zero-order chi connectivity index (χ0) is 13.3. The molecule has 0 saturated heterocycles. The third kappa shape index (κ3) is 2.08. The Labute approximate surface area is 107 Å². The molecule has 0 heterocycles. The van der Waals surface area contributed by atoms with E-state index in [2.05, 4.69) is 0 Å². The molecule has 2 rings (SSSR count). The van der Waals surface area contributed by atoms with Gasteiger partial charge < -0.3 is 16.6 Å². The zero-order valence-corrected chi connectivity index (χ0v) is 10.6. The Kier molecular flexibility index (Phi) is 3.30. The highest BCUT2D eigenvalue weighted by Gasteiger charge is 2.50. The van der Waals surface area contributed by atoms with E-state index in [-0.39, 0.29) is 12.5 Å². The van der Waals surface area contributed by atoms with Crippen LogP contribution in [0.3, 0.4) is 0 Å². The minimum Gasteiger partial charge on any atom is -0.481 e. The van der Waals surface area contributed by atoms with Crippen LogP contribution in [0.15, 0.2) is 18.2 Å². The van der Waals surface area contributed by atoms with Crippen molar-refractivity contribution in [2.45, 2.75) is 26.2 Å². The number of aliphatic carboxylic acids is 1. The van der Waals surface area contributed by atoms with Crippen molar-refractivity contribution < 1.29 is 9.90 Å². The Morgan fingerprint density at radius 3 is 2.67 bits per heavy atom. The van der Waals surface area contributed by atoms with E-state index in [1.54, 1.807) is 0 Å². The fourth-order valence-electron chi connectivity index (χ4n) is 2.59. The normalized spacial score (nSPS) is 18.3. The van der Waals surface area contributed by atoms with Gasteiger partial charge in [0.25, 0.3) is 0 Å². The minimum atomic E-state index is -0.821. The van der Waals surface area contributed by atoms with E-state index >= 15 is 0 Å². The van der Waals surface area contributed by atoms with Gasteiger partial charge in [-0.1, -0.05) is 12.1 Å². The van der Waals surface area contributed by atoms with E-state index in [1.807, 2.05) is 25.1 Å². The quantitative estimate of drug-likeness (QED) is 0.690. The van der Waals surface area contributed by atoms with E-state index < -0.39 is 11.4 Å². The van der Waals surface area contributed by atoms with Crippen LogP contribution in [0.1, 0.15) is 24.0 Å². The molecule has 0 spiro atoms. The van der Waals surface area contributed by atoms with Crippen LogP contribution in [0, 0.1) is 18.3 Å². The Morgan fingerprint density at radius 2 is 2.17 bits per heavy atom. The highest BCUT2D eigenvalue weighted by molar-refractivity contribution is 5.76. The molecule has 0 bridgehead atoms. The number of carboxylic acid groups (broad SMARTS) is 1. The molecule has 4 heteroatoms. The molecular weight excluding hydrogens is 228 g/mol. The van der Waals surface area contributed by atoms with Gasteiger partial charge in [-0.05, 0) is 49.3 Å². The lowest BCUT2D eigenvalue weighted by atomic mass is 9.76. The lowest BCUT2D eigenvalue weighted by Crippen LogP contribution is -2.42. The number of carbonyl (C=O) groups is 1. The van der Waals surface area contributed by atoms with Crippen LogP contribution in [0.2, 0.25) is 0 Å².